The van der Waals surface area contributed by atoms with Crippen LogP contribution in [-0.2, 0) is 12.1 Å². The van der Waals surface area contributed by atoms with Gasteiger partial charge in [0.15, 0.2) is 5.76 Å². The lowest BCUT2D eigenvalue weighted by atomic mass is 9.84. The number of likely N-dealkylation sites (tertiary alicyclic amines) is 1. The predicted octanol–water partition coefficient (Wildman–Crippen LogP) is 4.00. The molecule has 5 rings (SSSR count). The van der Waals surface area contributed by atoms with Gasteiger partial charge in [-0.3, -0.25) is 9.69 Å². The predicted molar refractivity (Wildman–Crippen MR) is 134 cm³/mol. The molecule has 2 saturated heterocycles. The van der Waals surface area contributed by atoms with E-state index in [1.54, 1.807) is 0 Å². The summed E-state index contributed by atoms with van der Waals surface area (Å²) >= 11 is 0. The van der Waals surface area contributed by atoms with Crippen LogP contribution in [0, 0.1) is 6.92 Å². The van der Waals surface area contributed by atoms with Crippen LogP contribution in [0.1, 0.15) is 46.5 Å². The van der Waals surface area contributed by atoms with Crippen molar-refractivity contribution in [3.63, 3.8) is 0 Å². The van der Waals surface area contributed by atoms with Crippen molar-refractivity contribution in [2.45, 2.75) is 38.3 Å². The summed E-state index contributed by atoms with van der Waals surface area (Å²) in [7, 11) is 2.09. The van der Waals surface area contributed by atoms with E-state index in [1.807, 2.05) is 29.2 Å². The lowest BCUT2D eigenvalue weighted by Gasteiger charge is -2.38. The van der Waals surface area contributed by atoms with Gasteiger partial charge in [0.25, 0.3) is 5.91 Å². The Labute approximate surface area is 201 Å². The van der Waals surface area contributed by atoms with Crippen molar-refractivity contribution >= 4 is 16.9 Å². The maximum absolute atomic E-state index is 13.0. The van der Waals surface area contributed by atoms with Crippen LogP contribution in [-0.4, -0.2) is 72.0 Å². The molecule has 1 aromatic heterocycles. The first kappa shape index (κ1) is 23.1. The molecule has 2 aromatic carbocycles. The number of carbonyl (C=O) groups excluding carboxylic acids is 1. The van der Waals surface area contributed by atoms with E-state index >= 15 is 0 Å². The lowest BCUT2D eigenvalue weighted by Crippen LogP contribution is -2.42. The standard InChI is InChI=1S/C28H35N3O3/c1-21-4-6-22(7-5-21)20-30-14-10-28(33,11-15-30)24-8-9-25-23(18-24)19-26(34-25)27(32)31-13-3-12-29(2)16-17-31/h4-9,18-19,33H,3,10-17,20H2,1-2H3. The second kappa shape index (κ2) is 9.53. The molecule has 180 valence electrons. The molecule has 1 N–H and O–H groups in total. The smallest absolute Gasteiger partial charge is 0.289 e. The highest BCUT2D eigenvalue weighted by atomic mass is 16.3. The third-order valence-corrected chi connectivity index (χ3v) is 7.48. The van der Waals surface area contributed by atoms with Gasteiger partial charge in [0.1, 0.15) is 5.58 Å². The zero-order valence-corrected chi connectivity index (χ0v) is 20.3. The molecule has 6 nitrogen and oxygen atoms in total. The molecular formula is C28H35N3O3. The fraction of sp³-hybridized carbons (Fsp3) is 0.464. The van der Waals surface area contributed by atoms with Gasteiger partial charge in [-0.2, -0.15) is 0 Å². The van der Waals surface area contributed by atoms with E-state index in [4.69, 9.17) is 4.42 Å². The summed E-state index contributed by atoms with van der Waals surface area (Å²) in [5.74, 6) is 0.341. The SMILES string of the molecule is Cc1ccc(CN2CCC(O)(c3ccc4oc(C(=O)N5CCCN(C)CC5)cc4c3)CC2)cc1. The Morgan fingerprint density at radius 2 is 1.74 bits per heavy atom. The van der Waals surface area contributed by atoms with E-state index in [0.717, 1.165) is 63.2 Å². The Kier molecular flexibility index (Phi) is 6.47. The van der Waals surface area contributed by atoms with Gasteiger partial charge >= 0.3 is 0 Å². The number of rotatable bonds is 4. The molecule has 6 heteroatoms. The molecule has 0 atom stereocenters. The van der Waals surface area contributed by atoms with E-state index < -0.39 is 5.60 Å². The molecule has 0 spiro atoms. The van der Waals surface area contributed by atoms with Gasteiger partial charge in [-0.15, -0.1) is 0 Å². The molecule has 34 heavy (non-hydrogen) atoms. The first-order chi connectivity index (χ1) is 16.4. The highest BCUT2D eigenvalue weighted by Crippen LogP contribution is 2.35. The van der Waals surface area contributed by atoms with E-state index in [-0.39, 0.29) is 5.91 Å². The normalized spacial score (nSPS) is 19.9. The number of aliphatic hydroxyl groups is 1. The highest BCUT2D eigenvalue weighted by Gasteiger charge is 2.34. The van der Waals surface area contributed by atoms with Gasteiger partial charge in [-0.1, -0.05) is 35.9 Å². The Hall–Kier alpha value is -2.67. The summed E-state index contributed by atoms with van der Waals surface area (Å²) in [6.07, 6.45) is 2.35. The van der Waals surface area contributed by atoms with Crippen molar-refractivity contribution in [3.05, 3.63) is 71.0 Å². The van der Waals surface area contributed by atoms with Gasteiger partial charge in [0, 0.05) is 44.7 Å². The van der Waals surface area contributed by atoms with Crippen molar-refractivity contribution in [2.75, 3.05) is 46.3 Å². The van der Waals surface area contributed by atoms with Gasteiger partial charge in [0.2, 0.25) is 0 Å². The molecule has 2 fully saturated rings. The zero-order valence-electron chi connectivity index (χ0n) is 20.3. The van der Waals surface area contributed by atoms with Crippen LogP contribution in [0.25, 0.3) is 11.0 Å². The summed E-state index contributed by atoms with van der Waals surface area (Å²) in [4.78, 5) is 19.6. The molecule has 0 unspecified atom stereocenters. The second-order valence-corrected chi connectivity index (χ2v) is 10.1. The number of hydrogen-bond donors (Lipinski definition) is 1. The van der Waals surface area contributed by atoms with Crippen LogP contribution in [0.4, 0.5) is 0 Å². The Morgan fingerprint density at radius 1 is 0.971 bits per heavy atom. The average Bonchev–Trinajstić information content (AvgIpc) is 3.15. The van der Waals surface area contributed by atoms with Gasteiger partial charge in [0.05, 0.1) is 5.60 Å². The summed E-state index contributed by atoms with van der Waals surface area (Å²) < 4.78 is 5.92. The minimum atomic E-state index is -0.852. The third-order valence-electron chi connectivity index (χ3n) is 7.48. The van der Waals surface area contributed by atoms with Gasteiger partial charge in [-0.05, 0) is 69.1 Å². The fourth-order valence-corrected chi connectivity index (χ4v) is 5.17. The number of likely N-dealkylation sites (N-methyl/N-ethyl adjacent to an activating group) is 1. The third kappa shape index (κ3) is 4.90. The molecule has 2 aliphatic rings. The summed E-state index contributed by atoms with van der Waals surface area (Å²) in [6, 6.07) is 16.4. The van der Waals surface area contributed by atoms with E-state index in [0.29, 0.717) is 24.2 Å². The lowest BCUT2D eigenvalue weighted by molar-refractivity contribution is -0.0276. The second-order valence-electron chi connectivity index (χ2n) is 10.1. The van der Waals surface area contributed by atoms with Crippen LogP contribution >= 0.6 is 0 Å². The Balaban J connectivity index is 1.27. The van der Waals surface area contributed by atoms with Crippen molar-refractivity contribution in [3.8, 4) is 0 Å². The zero-order chi connectivity index (χ0) is 23.7. The van der Waals surface area contributed by atoms with Crippen LogP contribution in [0.3, 0.4) is 0 Å². The number of fused-ring (bicyclic) bond motifs is 1. The molecule has 0 bridgehead atoms. The summed E-state index contributed by atoms with van der Waals surface area (Å²) in [5, 5.41) is 12.3. The number of amides is 1. The van der Waals surface area contributed by atoms with Crippen molar-refractivity contribution in [2.24, 2.45) is 0 Å². The number of hydrogen-bond acceptors (Lipinski definition) is 5. The Bertz CT molecular complexity index is 1150. The minimum Gasteiger partial charge on any atom is -0.451 e. The number of carbonyl (C=O) groups is 1. The highest BCUT2D eigenvalue weighted by molar-refractivity contribution is 5.96. The van der Waals surface area contributed by atoms with Crippen molar-refractivity contribution in [1.29, 1.82) is 0 Å². The molecule has 0 aliphatic carbocycles. The molecule has 3 aromatic rings. The number of nitrogens with zero attached hydrogens (tertiary/aromatic N) is 3. The fourth-order valence-electron chi connectivity index (χ4n) is 5.17. The van der Waals surface area contributed by atoms with E-state index in [9.17, 15) is 9.90 Å². The van der Waals surface area contributed by atoms with E-state index in [2.05, 4.69) is 48.0 Å². The van der Waals surface area contributed by atoms with E-state index in [1.165, 1.54) is 11.1 Å². The summed E-state index contributed by atoms with van der Waals surface area (Å²) in [6.45, 7) is 8.07. The first-order valence-electron chi connectivity index (χ1n) is 12.4. The maximum Gasteiger partial charge on any atom is 0.289 e. The largest absolute Gasteiger partial charge is 0.451 e. The number of piperidine rings is 1. The quantitative estimate of drug-likeness (QED) is 0.636. The molecule has 0 saturated carbocycles. The molecule has 0 radical (unpaired) electrons. The molecule has 2 aliphatic heterocycles. The van der Waals surface area contributed by atoms with Crippen LogP contribution in [0.5, 0.6) is 0 Å². The average molecular weight is 462 g/mol. The molecule has 1 amide bonds. The topological polar surface area (TPSA) is 60.2 Å². The number of benzene rings is 2. The summed E-state index contributed by atoms with van der Waals surface area (Å²) in [5.41, 5.74) is 3.33. The van der Waals surface area contributed by atoms with Crippen LogP contribution < -0.4 is 0 Å². The number of furan rings is 1. The number of aryl methyl sites for hydroxylation is 1. The van der Waals surface area contributed by atoms with Crippen LogP contribution in [0.15, 0.2) is 52.9 Å². The minimum absolute atomic E-state index is 0.0452. The van der Waals surface area contributed by atoms with Gasteiger partial charge < -0.3 is 19.3 Å². The maximum atomic E-state index is 13.0. The van der Waals surface area contributed by atoms with Crippen molar-refractivity contribution < 1.29 is 14.3 Å². The Morgan fingerprint density at radius 3 is 2.50 bits per heavy atom. The molecular weight excluding hydrogens is 426 g/mol. The monoisotopic (exact) mass is 461 g/mol. The molecule has 3 heterocycles. The van der Waals surface area contributed by atoms with Crippen molar-refractivity contribution in [1.82, 2.24) is 14.7 Å². The van der Waals surface area contributed by atoms with Crippen LogP contribution in [0.2, 0.25) is 0 Å². The van der Waals surface area contributed by atoms with Gasteiger partial charge in [-0.25, -0.2) is 0 Å². The first-order valence-corrected chi connectivity index (χ1v) is 12.4.